The van der Waals surface area contributed by atoms with Gasteiger partial charge in [-0.05, 0) is 61.8 Å². The smallest absolute Gasteiger partial charge is 0.350 e. The standard InChI is InChI=1S/C31H49NO4Si/c1-26(2,3)37(27(4,5)6)34-25-29(9)18-22(33)19-30(10,35-29)31(25,36-37)21-11-12-24(32)23(17-21)20-13-15-28(7,8)16-14-20/h11-13,17,22,25,33H,14-16,18-19,32H2,1-10H3. The molecule has 0 radical (unpaired) electrons. The number of rotatable bonds is 2. The molecular formula is C31H49NO4Si. The van der Waals surface area contributed by atoms with Crippen LogP contribution >= 0.6 is 0 Å². The van der Waals surface area contributed by atoms with Crippen LogP contribution in [0.4, 0.5) is 5.69 Å². The third kappa shape index (κ3) is 3.76. The lowest BCUT2D eigenvalue weighted by Crippen LogP contribution is -2.60. The van der Waals surface area contributed by atoms with Crippen molar-refractivity contribution >= 4 is 19.8 Å². The van der Waals surface area contributed by atoms with Crippen LogP contribution in [0.1, 0.15) is 112 Å². The van der Waals surface area contributed by atoms with Crippen LogP contribution in [0.15, 0.2) is 24.3 Å². The third-order valence-electron chi connectivity index (χ3n) is 9.80. The zero-order chi connectivity index (χ0) is 27.4. The molecule has 0 amide bonds. The topological polar surface area (TPSA) is 73.9 Å². The van der Waals surface area contributed by atoms with E-state index < -0.39 is 31.5 Å². The van der Waals surface area contributed by atoms with Crippen LogP contribution in [0.3, 0.4) is 0 Å². The van der Waals surface area contributed by atoms with E-state index in [9.17, 15) is 5.11 Å². The fraction of sp³-hybridized carbons (Fsp3) is 0.742. The predicted octanol–water partition coefficient (Wildman–Crippen LogP) is 7.22. The van der Waals surface area contributed by atoms with Crippen LogP contribution < -0.4 is 5.73 Å². The quantitative estimate of drug-likeness (QED) is 0.314. The van der Waals surface area contributed by atoms with Crippen LogP contribution in [-0.4, -0.2) is 37.1 Å². The van der Waals surface area contributed by atoms with Gasteiger partial charge < -0.3 is 24.4 Å². The Hall–Kier alpha value is -1.18. The Bertz CT molecular complexity index is 1120. The van der Waals surface area contributed by atoms with Gasteiger partial charge in [0.25, 0.3) is 0 Å². The molecule has 3 saturated heterocycles. The molecule has 5 unspecified atom stereocenters. The van der Waals surface area contributed by atoms with Crippen LogP contribution in [0.5, 0.6) is 0 Å². The highest BCUT2D eigenvalue weighted by molar-refractivity contribution is 6.74. The monoisotopic (exact) mass is 527 g/mol. The molecule has 1 aromatic carbocycles. The number of allylic oxidation sites excluding steroid dienone is 2. The number of fused-ring (bicyclic) bond motifs is 5. The van der Waals surface area contributed by atoms with E-state index in [4.69, 9.17) is 19.3 Å². The number of anilines is 1. The molecule has 3 N–H and O–H groups in total. The Labute approximate surface area is 225 Å². The second-order valence-electron chi connectivity index (χ2n) is 15.6. The molecule has 0 spiro atoms. The molecular weight excluding hydrogens is 478 g/mol. The van der Waals surface area contributed by atoms with E-state index in [2.05, 4.69) is 87.4 Å². The molecule has 4 aliphatic rings. The highest BCUT2D eigenvalue weighted by Gasteiger charge is 2.82. The normalized spacial score (nSPS) is 38.8. The first-order valence-electron chi connectivity index (χ1n) is 14.1. The first-order chi connectivity index (χ1) is 16.8. The van der Waals surface area contributed by atoms with Crippen molar-refractivity contribution in [3.63, 3.8) is 0 Å². The molecule has 1 aromatic rings. The fourth-order valence-electron chi connectivity index (χ4n) is 8.16. The minimum atomic E-state index is -2.87. The minimum absolute atomic E-state index is 0.170. The first kappa shape index (κ1) is 27.4. The van der Waals surface area contributed by atoms with Crippen molar-refractivity contribution in [2.24, 2.45) is 5.41 Å². The molecule has 0 saturated carbocycles. The Morgan fingerprint density at radius 2 is 1.65 bits per heavy atom. The van der Waals surface area contributed by atoms with E-state index in [1.165, 1.54) is 5.57 Å². The molecule has 3 aliphatic heterocycles. The van der Waals surface area contributed by atoms with Crippen molar-refractivity contribution in [1.82, 2.24) is 0 Å². The lowest BCUT2D eigenvalue weighted by atomic mass is 9.72. The van der Waals surface area contributed by atoms with Gasteiger partial charge in [0.2, 0.25) is 0 Å². The highest BCUT2D eigenvalue weighted by atomic mass is 28.4. The van der Waals surface area contributed by atoms with Crippen molar-refractivity contribution in [3.05, 3.63) is 35.4 Å². The SMILES string of the molecule is CC1(C)CC=C(c2cc(C34O[Si](C(C)(C)C)(C(C)(C)C)OC3C3(C)CC(O)CC4(C)O3)ccc2N)CC1. The van der Waals surface area contributed by atoms with E-state index in [1.54, 1.807) is 0 Å². The summed E-state index contributed by atoms with van der Waals surface area (Å²) in [5, 5.41) is 10.7. The van der Waals surface area contributed by atoms with Gasteiger partial charge in [-0.25, -0.2) is 0 Å². The molecule has 37 heavy (non-hydrogen) atoms. The minimum Gasteiger partial charge on any atom is -0.398 e. The predicted molar refractivity (Wildman–Crippen MR) is 152 cm³/mol. The summed E-state index contributed by atoms with van der Waals surface area (Å²) < 4.78 is 21.9. The van der Waals surface area contributed by atoms with Crippen LogP contribution in [-0.2, 0) is 19.2 Å². The van der Waals surface area contributed by atoms with Gasteiger partial charge in [0.1, 0.15) is 17.3 Å². The fourth-order valence-corrected chi connectivity index (χ4v) is 13.4. The van der Waals surface area contributed by atoms with Crippen LogP contribution in [0.25, 0.3) is 5.57 Å². The molecule has 3 heterocycles. The van der Waals surface area contributed by atoms with Crippen molar-refractivity contribution in [3.8, 4) is 0 Å². The number of nitrogens with two attached hydrogens (primary N) is 1. The maximum atomic E-state index is 11.0. The average molecular weight is 528 g/mol. The summed E-state index contributed by atoms with van der Waals surface area (Å²) in [6.45, 7) is 22.5. The molecule has 1 aliphatic carbocycles. The Morgan fingerprint density at radius 1 is 1.00 bits per heavy atom. The van der Waals surface area contributed by atoms with Gasteiger partial charge >= 0.3 is 8.56 Å². The zero-order valence-corrected chi connectivity index (χ0v) is 25.7. The van der Waals surface area contributed by atoms with E-state index in [0.717, 1.165) is 36.1 Å². The average Bonchev–Trinajstić information content (AvgIpc) is 3.19. The van der Waals surface area contributed by atoms with E-state index >= 15 is 0 Å². The summed E-state index contributed by atoms with van der Waals surface area (Å²) in [6.07, 6.45) is 5.86. The number of hydrogen-bond donors (Lipinski definition) is 2. The summed E-state index contributed by atoms with van der Waals surface area (Å²) in [7, 11) is -2.87. The zero-order valence-electron chi connectivity index (χ0n) is 24.7. The maximum absolute atomic E-state index is 11.0. The van der Waals surface area contributed by atoms with Crippen LogP contribution in [0, 0.1) is 5.41 Å². The molecule has 2 bridgehead atoms. The lowest BCUT2D eigenvalue weighted by Gasteiger charge is -2.51. The number of hydrogen-bond acceptors (Lipinski definition) is 5. The highest BCUT2D eigenvalue weighted by Crippen LogP contribution is 2.70. The molecule has 5 rings (SSSR count). The van der Waals surface area contributed by atoms with E-state index in [-0.39, 0.29) is 16.2 Å². The number of benzene rings is 1. The van der Waals surface area contributed by atoms with Gasteiger partial charge in [-0.15, -0.1) is 0 Å². The number of nitrogen functional groups attached to an aromatic ring is 1. The van der Waals surface area contributed by atoms with Crippen molar-refractivity contribution in [1.29, 1.82) is 0 Å². The molecule has 206 valence electrons. The van der Waals surface area contributed by atoms with E-state index in [0.29, 0.717) is 18.3 Å². The summed E-state index contributed by atoms with van der Waals surface area (Å²) in [6, 6.07) is 6.43. The molecule has 0 aromatic heterocycles. The molecule has 5 atom stereocenters. The van der Waals surface area contributed by atoms with Crippen molar-refractivity contribution in [2.45, 2.75) is 140 Å². The second kappa shape index (κ2) is 7.94. The van der Waals surface area contributed by atoms with Gasteiger partial charge in [-0.1, -0.05) is 67.5 Å². The summed E-state index contributed by atoms with van der Waals surface area (Å²) in [5.74, 6) is 0. The number of aliphatic hydroxyl groups is 1. The van der Waals surface area contributed by atoms with Crippen LogP contribution in [0.2, 0.25) is 10.1 Å². The van der Waals surface area contributed by atoms with E-state index in [1.807, 2.05) is 6.07 Å². The van der Waals surface area contributed by atoms with Gasteiger partial charge in [-0.2, -0.15) is 0 Å². The second-order valence-corrected chi connectivity index (χ2v) is 20.2. The molecule has 3 fully saturated rings. The van der Waals surface area contributed by atoms with Gasteiger partial charge in [0.15, 0.2) is 0 Å². The molecule has 5 nitrogen and oxygen atoms in total. The molecule has 6 heteroatoms. The number of aliphatic hydroxyl groups excluding tert-OH is 1. The van der Waals surface area contributed by atoms with Crippen molar-refractivity contribution in [2.75, 3.05) is 5.73 Å². The third-order valence-corrected chi connectivity index (χ3v) is 14.9. The van der Waals surface area contributed by atoms with Gasteiger partial charge in [0.05, 0.1) is 11.7 Å². The lowest BCUT2D eigenvalue weighted by molar-refractivity contribution is -0.199. The van der Waals surface area contributed by atoms with Gasteiger partial charge in [-0.3, -0.25) is 0 Å². The summed E-state index contributed by atoms with van der Waals surface area (Å²) in [4.78, 5) is 0. The van der Waals surface area contributed by atoms with Crippen molar-refractivity contribution < 1.29 is 18.7 Å². The largest absolute Gasteiger partial charge is 0.398 e. The number of ether oxygens (including phenoxy) is 1. The maximum Gasteiger partial charge on any atom is 0.350 e. The Balaban J connectivity index is 1.74. The van der Waals surface area contributed by atoms with Gasteiger partial charge in [0, 0.05) is 34.2 Å². The summed E-state index contributed by atoms with van der Waals surface area (Å²) in [5.41, 5.74) is 9.03. The summed E-state index contributed by atoms with van der Waals surface area (Å²) >= 11 is 0. The Morgan fingerprint density at radius 3 is 2.22 bits per heavy atom. The Kier molecular flexibility index (Phi) is 5.88. The first-order valence-corrected chi connectivity index (χ1v) is 16.0.